The number of fused-ring (bicyclic) bond motifs is 2. The molecular weight excluding hydrogens is 372 g/mol. The summed E-state index contributed by atoms with van der Waals surface area (Å²) in [4.78, 5) is 26.6. The molecule has 1 aliphatic carbocycles. The summed E-state index contributed by atoms with van der Waals surface area (Å²) in [7, 11) is 3.99. The monoisotopic (exact) mass is 404 g/mol. The highest BCUT2D eigenvalue weighted by atomic mass is 16.2. The number of likely N-dealkylation sites (tertiary alicyclic amines) is 2. The molecule has 5 nitrogen and oxygen atoms in total. The summed E-state index contributed by atoms with van der Waals surface area (Å²) in [5.74, 6) is 3.40. The molecule has 0 N–H and O–H groups in total. The Bertz CT molecular complexity index is 974. The molecule has 5 rings (SSSR count). The third-order valence-electron chi connectivity index (χ3n) is 7.52. The number of carbonyl (C=O) groups excluding carboxylic acids is 1. The molecule has 5 atom stereocenters. The van der Waals surface area contributed by atoms with Gasteiger partial charge in [0.15, 0.2) is 0 Å². The van der Waals surface area contributed by atoms with E-state index in [-0.39, 0.29) is 0 Å². The number of pyridine rings is 1. The van der Waals surface area contributed by atoms with Crippen LogP contribution in [0, 0.1) is 23.7 Å². The molecule has 1 saturated carbocycles. The van der Waals surface area contributed by atoms with E-state index in [0.717, 1.165) is 48.8 Å². The van der Waals surface area contributed by atoms with Gasteiger partial charge in [-0.1, -0.05) is 25.1 Å². The van der Waals surface area contributed by atoms with Crippen LogP contribution >= 0.6 is 0 Å². The molecule has 3 heterocycles. The molecule has 3 aliphatic rings. The lowest BCUT2D eigenvalue weighted by atomic mass is 9.83. The summed E-state index contributed by atoms with van der Waals surface area (Å²) in [5.41, 5.74) is 3.38. The maximum absolute atomic E-state index is 13.2. The topological polar surface area (TPSA) is 48.8 Å². The molecule has 3 fully saturated rings. The molecule has 2 aliphatic heterocycles. The molecule has 1 unspecified atom stereocenters. The van der Waals surface area contributed by atoms with Gasteiger partial charge in [-0.15, -0.1) is 0 Å². The molecule has 2 saturated heterocycles. The second-order valence-electron chi connectivity index (χ2n) is 9.78. The van der Waals surface area contributed by atoms with Gasteiger partial charge in [0, 0.05) is 68.9 Å². The fourth-order valence-corrected chi connectivity index (χ4v) is 6.09. The number of hydrogen-bond donors (Lipinski definition) is 0. The lowest BCUT2D eigenvalue weighted by Crippen LogP contribution is -2.43. The number of nitrogens with zero attached hydrogens (tertiary/aromatic N) is 4. The Morgan fingerprint density at radius 1 is 1.20 bits per heavy atom. The molecule has 5 heteroatoms. The standard InChI is InChI=1S/C25H32N4O/c1-16-9-18(19-7-6-17(11-26-2)25-20(19)5-4-8-27-25)13-29(12-16)24(30)10-21-22-14-28(3)15-23(21)22/h4-8,11,16,18,21-23H,9-10,12-15H2,1-3H3/t16-,18+,21?,22-,23+/m1/s1. The van der Waals surface area contributed by atoms with Gasteiger partial charge in [-0.2, -0.15) is 0 Å². The van der Waals surface area contributed by atoms with E-state index in [4.69, 9.17) is 0 Å². The van der Waals surface area contributed by atoms with Crippen LogP contribution in [0.25, 0.3) is 10.9 Å². The molecule has 1 aromatic heterocycles. The van der Waals surface area contributed by atoms with Gasteiger partial charge in [0.2, 0.25) is 5.91 Å². The first-order chi connectivity index (χ1) is 14.5. The molecule has 0 spiro atoms. The van der Waals surface area contributed by atoms with Crippen LogP contribution in [0.3, 0.4) is 0 Å². The van der Waals surface area contributed by atoms with Crippen molar-refractivity contribution in [2.75, 3.05) is 40.3 Å². The number of piperidine rings is 2. The normalized spacial score (nSPS) is 31.4. The summed E-state index contributed by atoms with van der Waals surface area (Å²) in [6.45, 7) is 6.36. The predicted octanol–water partition coefficient (Wildman–Crippen LogP) is 3.43. The molecule has 0 bridgehead atoms. The van der Waals surface area contributed by atoms with Gasteiger partial charge >= 0.3 is 0 Å². The fourth-order valence-electron chi connectivity index (χ4n) is 6.09. The first-order valence-corrected chi connectivity index (χ1v) is 11.3. The van der Waals surface area contributed by atoms with E-state index in [1.165, 1.54) is 24.0 Å². The molecule has 0 radical (unpaired) electrons. The van der Waals surface area contributed by atoms with E-state index in [9.17, 15) is 4.79 Å². The van der Waals surface area contributed by atoms with Crippen LogP contribution < -0.4 is 0 Å². The summed E-state index contributed by atoms with van der Waals surface area (Å²) < 4.78 is 0. The Hall–Kier alpha value is -2.27. The average molecular weight is 405 g/mol. The molecular formula is C25H32N4O. The number of hydrogen-bond acceptors (Lipinski definition) is 4. The van der Waals surface area contributed by atoms with E-state index >= 15 is 0 Å². The first kappa shape index (κ1) is 19.7. The Morgan fingerprint density at radius 2 is 2.00 bits per heavy atom. The number of amides is 1. The quantitative estimate of drug-likeness (QED) is 0.734. The second kappa shape index (κ2) is 7.77. The van der Waals surface area contributed by atoms with Gasteiger partial charge in [-0.05, 0) is 48.8 Å². The number of rotatable bonds is 4. The Balaban J connectivity index is 1.35. The van der Waals surface area contributed by atoms with Crippen molar-refractivity contribution in [3.05, 3.63) is 41.6 Å². The summed E-state index contributed by atoms with van der Waals surface area (Å²) in [6, 6.07) is 8.53. The van der Waals surface area contributed by atoms with Gasteiger partial charge in [0.05, 0.1) is 5.52 Å². The van der Waals surface area contributed by atoms with E-state index in [1.807, 2.05) is 18.5 Å². The minimum Gasteiger partial charge on any atom is -0.342 e. The minimum absolute atomic E-state index is 0.363. The van der Waals surface area contributed by atoms with Crippen LogP contribution in [0.4, 0.5) is 0 Å². The molecule has 1 amide bonds. The van der Waals surface area contributed by atoms with E-state index in [0.29, 0.717) is 23.7 Å². The van der Waals surface area contributed by atoms with Crippen LogP contribution in [-0.4, -0.2) is 67.2 Å². The highest BCUT2D eigenvalue weighted by Crippen LogP contribution is 2.53. The number of carbonyl (C=O) groups is 1. The maximum Gasteiger partial charge on any atom is 0.222 e. The Labute approximate surface area is 179 Å². The first-order valence-electron chi connectivity index (χ1n) is 11.3. The Morgan fingerprint density at radius 3 is 2.77 bits per heavy atom. The van der Waals surface area contributed by atoms with Crippen LogP contribution in [0.1, 0.15) is 36.8 Å². The second-order valence-corrected chi connectivity index (χ2v) is 9.78. The summed E-state index contributed by atoms with van der Waals surface area (Å²) in [6.07, 6.45) is 5.59. The van der Waals surface area contributed by atoms with Crippen LogP contribution in [0.15, 0.2) is 35.5 Å². The van der Waals surface area contributed by atoms with Gasteiger partial charge in [-0.25, -0.2) is 0 Å². The van der Waals surface area contributed by atoms with Gasteiger partial charge in [0.25, 0.3) is 0 Å². The zero-order valence-corrected chi connectivity index (χ0v) is 18.3. The third-order valence-corrected chi connectivity index (χ3v) is 7.52. The average Bonchev–Trinajstić information content (AvgIpc) is 3.18. The van der Waals surface area contributed by atoms with Crippen molar-refractivity contribution >= 4 is 23.0 Å². The van der Waals surface area contributed by atoms with Crippen LogP contribution in [0.5, 0.6) is 0 Å². The van der Waals surface area contributed by atoms with E-state index in [2.05, 4.69) is 51.9 Å². The Kier molecular flexibility index (Phi) is 5.10. The van der Waals surface area contributed by atoms with Gasteiger partial charge in [-0.3, -0.25) is 14.8 Å². The van der Waals surface area contributed by atoms with Gasteiger partial charge in [0.1, 0.15) is 0 Å². The zero-order valence-electron chi connectivity index (χ0n) is 18.3. The van der Waals surface area contributed by atoms with Crippen molar-refractivity contribution in [3.8, 4) is 0 Å². The summed E-state index contributed by atoms with van der Waals surface area (Å²) in [5, 5.41) is 1.20. The SMILES string of the molecule is CN=Cc1ccc([C@H]2C[C@@H](C)CN(C(=O)CC3[C@H]4CN(C)C[C@@H]34)C2)c2cccnc12. The highest BCUT2D eigenvalue weighted by molar-refractivity contribution is 5.99. The molecule has 158 valence electrons. The van der Waals surface area contributed by atoms with Crippen molar-refractivity contribution in [1.29, 1.82) is 0 Å². The largest absolute Gasteiger partial charge is 0.342 e. The molecule has 30 heavy (non-hydrogen) atoms. The predicted molar refractivity (Wildman–Crippen MR) is 121 cm³/mol. The van der Waals surface area contributed by atoms with Crippen LogP contribution in [0.2, 0.25) is 0 Å². The lowest BCUT2D eigenvalue weighted by molar-refractivity contribution is -0.133. The van der Waals surface area contributed by atoms with Gasteiger partial charge < -0.3 is 9.80 Å². The summed E-state index contributed by atoms with van der Waals surface area (Å²) >= 11 is 0. The van der Waals surface area contributed by atoms with Crippen LogP contribution in [-0.2, 0) is 4.79 Å². The number of benzene rings is 1. The lowest BCUT2D eigenvalue weighted by Gasteiger charge is -2.37. The van der Waals surface area contributed by atoms with Crippen molar-refractivity contribution in [2.45, 2.75) is 25.7 Å². The van der Waals surface area contributed by atoms with Crippen molar-refractivity contribution < 1.29 is 4.79 Å². The minimum atomic E-state index is 0.363. The smallest absolute Gasteiger partial charge is 0.222 e. The maximum atomic E-state index is 13.2. The van der Waals surface area contributed by atoms with Crippen molar-refractivity contribution in [1.82, 2.24) is 14.8 Å². The van der Waals surface area contributed by atoms with Crippen molar-refractivity contribution in [3.63, 3.8) is 0 Å². The third kappa shape index (κ3) is 3.53. The molecule has 2 aromatic rings. The molecule has 1 aromatic carbocycles. The van der Waals surface area contributed by atoms with Crippen molar-refractivity contribution in [2.24, 2.45) is 28.7 Å². The fraction of sp³-hybridized carbons (Fsp3) is 0.560. The number of aromatic nitrogens is 1. The highest BCUT2D eigenvalue weighted by Gasteiger charge is 2.55. The number of aliphatic imine (C=N–C) groups is 1. The van der Waals surface area contributed by atoms with E-state index in [1.54, 1.807) is 7.05 Å². The zero-order chi connectivity index (χ0) is 20.8. The van der Waals surface area contributed by atoms with E-state index < -0.39 is 0 Å².